The van der Waals surface area contributed by atoms with Gasteiger partial charge in [-0.3, -0.25) is 19.3 Å². The topological polar surface area (TPSA) is 85.4 Å². The first kappa shape index (κ1) is 22.2. The van der Waals surface area contributed by atoms with E-state index in [9.17, 15) is 14.4 Å². The maximum absolute atomic E-state index is 13.6. The summed E-state index contributed by atoms with van der Waals surface area (Å²) in [6.07, 6.45) is -0.337. The molecule has 1 aromatic carbocycles. The van der Waals surface area contributed by atoms with Gasteiger partial charge < -0.3 is 19.1 Å². The van der Waals surface area contributed by atoms with E-state index in [4.69, 9.17) is 14.2 Å². The fourth-order valence-corrected chi connectivity index (χ4v) is 4.44. The van der Waals surface area contributed by atoms with Crippen molar-refractivity contribution in [3.8, 4) is 5.75 Å². The number of carbonyl (C=O) groups is 3. The van der Waals surface area contributed by atoms with E-state index in [2.05, 4.69) is 0 Å². The predicted octanol–water partition coefficient (Wildman–Crippen LogP) is 1.36. The number of benzene rings is 1. The van der Waals surface area contributed by atoms with Gasteiger partial charge in [0.15, 0.2) is 0 Å². The second kappa shape index (κ2) is 9.14. The van der Waals surface area contributed by atoms with Crippen molar-refractivity contribution >= 4 is 17.7 Å². The molecule has 8 nitrogen and oxygen atoms in total. The van der Waals surface area contributed by atoms with Gasteiger partial charge in [-0.2, -0.15) is 0 Å². The second-order valence-electron chi connectivity index (χ2n) is 8.04. The Balaban J connectivity index is 1.98. The number of morpholine rings is 1. The molecule has 164 valence electrons. The van der Waals surface area contributed by atoms with Crippen LogP contribution in [0, 0.1) is 0 Å². The summed E-state index contributed by atoms with van der Waals surface area (Å²) in [7, 11) is 3.03. The molecule has 3 atom stereocenters. The summed E-state index contributed by atoms with van der Waals surface area (Å²) in [5, 5.41) is 0. The molecule has 0 saturated carbocycles. The molecule has 0 aliphatic carbocycles. The summed E-state index contributed by atoms with van der Waals surface area (Å²) in [5.74, 6) is -0.363. The molecular formula is C22H30N2O6. The molecule has 2 fully saturated rings. The molecule has 2 heterocycles. The van der Waals surface area contributed by atoms with Crippen LogP contribution in [0.2, 0.25) is 0 Å². The normalized spacial score (nSPS) is 26.9. The maximum Gasteiger partial charge on any atom is 0.241 e. The van der Waals surface area contributed by atoms with Crippen LogP contribution in [0.3, 0.4) is 0 Å². The van der Waals surface area contributed by atoms with Crippen LogP contribution in [0.5, 0.6) is 5.75 Å². The first-order chi connectivity index (χ1) is 14.3. The number of amides is 3. The Morgan fingerprint density at radius 3 is 2.47 bits per heavy atom. The van der Waals surface area contributed by atoms with E-state index >= 15 is 0 Å². The van der Waals surface area contributed by atoms with Crippen LogP contribution in [-0.4, -0.2) is 80.2 Å². The Bertz CT molecular complexity index is 803. The van der Waals surface area contributed by atoms with E-state index in [1.807, 2.05) is 13.8 Å². The van der Waals surface area contributed by atoms with Crippen LogP contribution in [0.1, 0.15) is 32.3 Å². The molecule has 2 saturated heterocycles. The SMILES string of the molecule is COCCN1C(=O)C[C@@](CC(=O)N2C[C@@H](C)O[C@@H](C)C2)(c2ccccc2OC)C1=O. The third kappa shape index (κ3) is 4.20. The van der Waals surface area contributed by atoms with Gasteiger partial charge in [-0.15, -0.1) is 0 Å². The minimum Gasteiger partial charge on any atom is -0.496 e. The lowest BCUT2D eigenvalue weighted by molar-refractivity contribution is -0.148. The van der Waals surface area contributed by atoms with E-state index < -0.39 is 5.41 Å². The molecule has 3 amide bonds. The molecule has 0 bridgehead atoms. The second-order valence-corrected chi connectivity index (χ2v) is 8.04. The lowest BCUT2D eigenvalue weighted by Gasteiger charge is -2.37. The van der Waals surface area contributed by atoms with Gasteiger partial charge in [-0.25, -0.2) is 0 Å². The van der Waals surface area contributed by atoms with Gasteiger partial charge in [0.25, 0.3) is 0 Å². The van der Waals surface area contributed by atoms with Crippen molar-refractivity contribution < 1.29 is 28.6 Å². The molecule has 0 N–H and O–H groups in total. The summed E-state index contributed by atoms with van der Waals surface area (Å²) >= 11 is 0. The average molecular weight is 418 g/mol. The molecule has 0 spiro atoms. The summed E-state index contributed by atoms with van der Waals surface area (Å²) in [6, 6.07) is 7.10. The molecular weight excluding hydrogens is 388 g/mol. The van der Waals surface area contributed by atoms with Gasteiger partial charge in [-0.1, -0.05) is 18.2 Å². The van der Waals surface area contributed by atoms with E-state index in [1.54, 1.807) is 29.2 Å². The van der Waals surface area contributed by atoms with E-state index in [0.29, 0.717) is 24.4 Å². The van der Waals surface area contributed by atoms with Crippen LogP contribution < -0.4 is 4.74 Å². The number of ether oxygens (including phenoxy) is 3. The summed E-state index contributed by atoms with van der Waals surface area (Å²) in [5.41, 5.74) is -0.729. The van der Waals surface area contributed by atoms with Crippen LogP contribution >= 0.6 is 0 Å². The number of imide groups is 1. The van der Waals surface area contributed by atoms with Crippen molar-refractivity contribution in [2.24, 2.45) is 0 Å². The zero-order valence-corrected chi connectivity index (χ0v) is 18.1. The van der Waals surface area contributed by atoms with E-state index in [-0.39, 0.29) is 55.9 Å². The van der Waals surface area contributed by atoms with E-state index in [0.717, 1.165) is 0 Å². The van der Waals surface area contributed by atoms with Crippen molar-refractivity contribution in [1.82, 2.24) is 9.80 Å². The third-order valence-electron chi connectivity index (χ3n) is 5.78. The summed E-state index contributed by atoms with van der Waals surface area (Å²) < 4.78 is 16.3. The standard InChI is InChI=1S/C22H30N2O6/c1-15-13-23(14-16(2)30-15)19(25)11-22(17-7-5-6-8-18(17)29-4)12-20(26)24(21(22)27)9-10-28-3/h5-8,15-16H,9-14H2,1-4H3/t15-,16+,22-/m0/s1. The minimum absolute atomic E-state index is 0.0723. The Morgan fingerprint density at radius 2 is 1.83 bits per heavy atom. The number of hydrogen-bond acceptors (Lipinski definition) is 6. The lowest BCUT2D eigenvalue weighted by Crippen LogP contribution is -2.51. The minimum atomic E-state index is -1.29. The molecule has 2 aliphatic heterocycles. The van der Waals surface area contributed by atoms with Crippen LogP contribution in [0.4, 0.5) is 0 Å². The molecule has 0 aromatic heterocycles. The molecule has 1 aromatic rings. The number of nitrogens with zero attached hydrogens (tertiary/aromatic N) is 2. The number of para-hydroxylation sites is 1. The highest BCUT2D eigenvalue weighted by Gasteiger charge is 2.55. The zero-order valence-electron chi connectivity index (χ0n) is 18.1. The number of carbonyl (C=O) groups excluding carboxylic acids is 3. The lowest BCUT2D eigenvalue weighted by atomic mass is 9.75. The summed E-state index contributed by atoms with van der Waals surface area (Å²) in [4.78, 5) is 42.6. The predicted molar refractivity (Wildman–Crippen MR) is 109 cm³/mol. The largest absolute Gasteiger partial charge is 0.496 e. The van der Waals surface area contributed by atoms with Gasteiger partial charge in [-0.05, 0) is 19.9 Å². The molecule has 2 aliphatic rings. The Kier molecular flexibility index (Phi) is 6.77. The highest BCUT2D eigenvalue weighted by Crippen LogP contribution is 2.44. The first-order valence-electron chi connectivity index (χ1n) is 10.2. The first-order valence-corrected chi connectivity index (χ1v) is 10.2. The van der Waals surface area contributed by atoms with Crippen LogP contribution in [-0.2, 0) is 29.3 Å². The van der Waals surface area contributed by atoms with Crippen molar-refractivity contribution in [2.45, 2.75) is 44.3 Å². The van der Waals surface area contributed by atoms with Crippen molar-refractivity contribution in [2.75, 3.05) is 40.5 Å². The number of hydrogen-bond donors (Lipinski definition) is 0. The number of likely N-dealkylation sites (tertiary alicyclic amines) is 1. The Labute approximate surface area is 177 Å². The Hall–Kier alpha value is -2.45. The quantitative estimate of drug-likeness (QED) is 0.622. The van der Waals surface area contributed by atoms with Crippen molar-refractivity contribution in [1.29, 1.82) is 0 Å². The monoisotopic (exact) mass is 418 g/mol. The van der Waals surface area contributed by atoms with Crippen LogP contribution in [0.25, 0.3) is 0 Å². The fraction of sp³-hybridized carbons (Fsp3) is 0.591. The van der Waals surface area contributed by atoms with E-state index in [1.165, 1.54) is 19.1 Å². The highest BCUT2D eigenvalue weighted by molar-refractivity contribution is 6.11. The molecule has 30 heavy (non-hydrogen) atoms. The van der Waals surface area contributed by atoms with Crippen molar-refractivity contribution in [3.63, 3.8) is 0 Å². The maximum atomic E-state index is 13.6. The Morgan fingerprint density at radius 1 is 1.17 bits per heavy atom. The van der Waals surface area contributed by atoms with Gasteiger partial charge in [0.1, 0.15) is 5.75 Å². The van der Waals surface area contributed by atoms with Gasteiger partial charge in [0.05, 0.1) is 37.9 Å². The number of rotatable bonds is 7. The third-order valence-corrected chi connectivity index (χ3v) is 5.78. The zero-order chi connectivity index (χ0) is 21.9. The molecule has 8 heteroatoms. The molecule has 0 radical (unpaired) electrons. The van der Waals surface area contributed by atoms with Gasteiger partial charge in [0.2, 0.25) is 17.7 Å². The number of methoxy groups -OCH3 is 2. The smallest absolute Gasteiger partial charge is 0.241 e. The van der Waals surface area contributed by atoms with Crippen LogP contribution in [0.15, 0.2) is 24.3 Å². The average Bonchev–Trinajstić information content (AvgIpc) is 2.95. The molecule has 0 unspecified atom stereocenters. The highest BCUT2D eigenvalue weighted by atomic mass is 16.5. The van der Waals surface area contributed by atoms with Gasteiger partial charge >= 0.3 is 0 Å². The van der Waals surface area contributed by atoms with Gasteiger partial charge in [0, 0.05) is 38.6 Å². The molecule has 3 rings (SSSR count). The van der Waals surface area contributed by atoms with Crippen molar-refractivity contribution in [3.05, 3.63) is 29.8 Å². The fourth-order valence-electron chi connectivity index (χ4n) is 4.44. The summed E-state index contributed by atoms with van der Waals surface area (Å²) in [6.45, 7) is 5.16.